The van der Waals surface area contributed by atoms with E-state index in [4.69, 9.17) is 10.6 Å². The summed E-state index contributed by atoms with van der Waals surface area (Å²) in [6.07, 6.45) is 2.44. The van der Waals surface area contributed by atoms with Crippen LogP contribution in [0, 0.1) is 0 Å². The van der Waals surface area contributed by atoms with E-state index >= 15 is 0 Å². The molecule has 0 unspecified atom stereocenters. The lowest BCUT2D eigenvalue weighted by Crippen LogP contribution is -2.26. The quantitative estimate of drug-likeness (QED) is 0.694. The van der Waals surface area contributed by atoms with Gasteiger partial charge in [-0.25, -0.2) is 5.06 Å². The van der Waals surface area contributed by atoms with E-state index < -0.39 is 0 Å². The second kappa shape index (κ2) is 4.37. The van der Waals surface area contributed by atoms with E-state index in [0.717, 1.165) is 6.42 Å². The van der Waals surface area contributed by atoms with E-state index in [2.05, 4.69) is 10.3 Å². The summed E-state index contributed by atoms with van der Waals surface area (Å²) in [7, 11) is 0. The van der Waals surface area contributed by atoms with Gasteiger partial charge in [0.05, 0.1) is 25.9 Å². The molecule has 0 aromatic carbocycles. The zero-order valence-corrected chi connectivity index (χ0v) is 8.30. The number of nitrogens with zero attached hydrogens (tertiary/aromatic N) is 4. The second-order valence-electron chi connectivity index (χ2n) is 3.25. The molecule has 7 nitrogen and oxygen atoms in total. The first-order chi connectivity index (χ1) is 7.31. The summed E-state index contributed by atoms with van der Waals surface area (Å²) in [5.74, 6) is -0.240. The van der Waals surface area contributed by atoms with Crippen molar-refractivity contribution in [2.75, 3.05) is 19.7 Å². The maximum Gasteiger partial charge on any atom is 0.299 e. The summed E-state index contributed by atoms with van der Waals surface area (Å²) in [4.78, 5) is 16.8. The third-order valence-corrected chi connectivity index (χ3v) is 2.10. The Labute approximate surface area is 86.7 Å². The molecule has 1 amide bonds. The molecule has 0 aliphatic carbocycles. The molecule has 1 aliphatic heterocycles. The molecule has 1 aliphatic rings. The number of carbonyl (C=O) groups is 1. The number of hydrogen-bond donors (Lipinski definition) is 1. The first-order valence-electron chi connectivity index (χ1n) is 4.86. The highest BCUT2D eigenvalue weighted by Crippen LogP contribution is 2.08. The van der Waals surface area contributed by atoms with E-state index in [1.807, 2.05) is 0 Å². The normalized spacial score (nSPS) is 15.9. The average molecular weight is 211 g/mol. The highest BCUT2D eigenvalue weighted by molar-refractivity contribution is 5.91. The van der Waals surface area contributed by atoms with Crippen molar-refractivity contribution in [3.63, 3.8) is 0 Å². The van der Waals surface area contributed by atoms with Gasteiger partial charge in [0.25, 0.3) is 5.91 Å². The highest BCUT2D eigenvalue weighted by Gasteiger charge is 2.23. The number of nitrogens with two attached hydrogens (primary N) is 1. The van der Waals surface area contributed by atoms with Crippen molar-refractivity contribution >= 4 is 5.91 Å². The number of aromatic nitrogens is 3. The number of carbonyl (C=O) groups excluding carboxylic acids is 1. The summed E-state index contributed by atoms with van der Waals surface area (Å²) in [5, 5.41) is 8.86. The topological polar surface area (TPSA) is 86.3 Å². The molecule has 0 spiro atoms. The lowest BCUT2D eigenvalue weighted by Gasteiger charge is -2.10. The Morgan fingerprint density at radius 3 is 3.20 bits per heavy atom. The molecule has 82 valence electrons. The summed E-state index contributed by atoms with van der Waals surface area (Å²) < 4.78 is 1.54. The monoisotopic (exact) mass is 211 g/mol. The van der Waals surface area contributed by atoms with Crippen LogP contribution in [0.3, 0.4) is 0 Å². The van der Waals surface area contributed by atoms with E-state index in [1.54, 1.807) is 10.9 Å². The van der Waals surface area contributed by atoms with Crippen LogP contribution < -0.4 is 5.73 Å². The predicted molar refractivity (Wildman–Crippen MR) is 50.7 cm³/mol. The van der Waals surface area contributed by atoms with Gasteiger partial charge in [0.15, 0.2) is 5.69 Å². The fraction of sp³-hybridized carbons (Fsp3) is 0.625. The van der Waals surface area contributed by atoms with Gasteiger partial charge in [-0.1, -0.05) is 5.21 Å². The summed E-state index contributed by atoms with van der Waals surface area (Å²) in [6.45, 7) is 2.23. The lowest BCUT2D eigenvalue weighted by atomic mass is 10.4. The SMILES string of the molecule is NCCn1cc(C(=O)N2CCCO2)nn1. The van der Waals surface area contributed by atoms with Crippen LogP contribution in [0.15, 0.2) is 6.20 Å². The van der Waals surface area contributed by atoms with Crippen molar-refractivity contribution < 1.29 is 9.63 Å². The van der Waals surface area contributed by atoms with Crippen molar-refractivity contribution in [1.82, 2.24) is 20.1 Å². The van der Waals surface area contributed by atoms with Crippen LogP contribution in [0.5, 0.6) is 0 Å². The van der Waals surface area contributed by atoms with Gasteiger partial charge < -0.3 is 5.73 Å². The van der Waals surface area contributed by atoms with E-state index in [9.17, 15) is 4.79 Å². The Bertz CT molecular complexity index is 345. The summed E-state index contributed by atoms with van der Waals surface area (Å²) in [5.41, 5.74) is 5.66. The zero-order valence-electron chi connectivity index (χ0n) is 8.30. The largest absolute Gasteiger partial charge is 0.329 e. The van der Waals surface area contributed by atoms with Gasteiger partial charge >= 0.3 is 0 Å². The van der Waals surface area contributed by atoms with Gasteiger partial charge in [-0.2, -0.15) is 0 Å². The number of hydroxylamine groups is 2. The minimum atomic E-state index is -0.240. The standard InChI is InChI=1S/C8H13N5O2/c9-2-4-12-6-7(10-11-12)8(14)13-3-1-5-15-13/h6H,1-5,9H2. The molecule has 1 aromatic rings. The molecule has 1 fully saturated rings. The van der Waals surface area contributed by atoms with Gasteiger partial charge in [0.2, 0.25) is 0 Å². The fourth-order valence-corrected chi connectivity index (χ4v) is 1.37. The van der Waals surface area contributed by atoms with Crippen LogP contribution in [-0.2, 0) is 11.4 Å². The lowest BCUT2D eigenvalue weighted by molar-refractivity contribution is -0.0771. The van der Waals surface area contributed by atoms with Gasteiger partial charge in [0, 0.05) is 6.54 Å². The van der Waals surface area contributed by atoms with Crippen molar-refractivity contribution in [2.24, 2.45) is 5.73 Å². The van der Waals surface area contributed by atoms with Crippen LogP contribution in [-0.4, -0.2) is 45.7 Å². The predicted octanol–water partition coefficient (Wildman–Crippen LogP) is -0.986. The van der Waals surface area contributed by atoms with Gasteiger partial charge in [-0.3, -0.25) is 14.3 Å². The van der Waals surface area contributed by atoms with Crippen LogP contribution in [0.1, 0.15) is 16.9 Å². The molecule has 15 heavy (non-hydrogen) atoms. The Kier molecular flexibility index (Phi) is 2.93. The zero-order chi connectivity index (χ0) is 10.7. The van der Waals surface area contributed by atoms with E-state index in [-0.39, 0.29) is 5.91 Å². The Morgan fingerprint density at radius 1 is 1.67 bits per heavy atom. The van der Waals surface area contributed by atoms with Crippen LogP contribution in [0.4, 0.5) is 0 Å². The van der Waals surface area contributed by atoms with Crippen LogP contribution in [0.2, 0.25) is 0 Å². The van der Waals surface area contributed by atoms with Gasteiger partial charge in [-0.15, -0.1) is 5.10 Å². The molecular formula is C8H13N5O2. The van der Waals surface area contributed by atoms with Crippen molar-refractivity contribution in [3.8, 4) is 0 Å². The molecule has 2 heterocycles. The third kappa shape index (κ3) is 2.13. The first-order valence-corrected chi connectivity index (χ1v) is 4.86. The Hall–Kier alpha value is -1.47. The molecule has 1 aromatic heterocycles. The minimum absolute atomic E-state index is 0.240. The summed E-state index contributed by atoms with van der Waals surface area (Å²) in [6, 6.07) is 0. The molecule has 2 N–H and O–H groups in total. The number of amides is 1. The second-order valence-corrected chi connectivity index (χ2v) is 3.25. The molecule has 0 radical (unpaired) electrons. The third-order valence-electron chi connectivity index (χ3n) is 2.10. The first kappa shape index (κ1) is 10.1. The van der Waals surface area contributed by atoms with Gasteiger partial charge in [0.1, 0.15) is 0 Å². The van der Waals surface area contributed by atoms with E-state index in [1.165, 1.54) is 5.06 Å². The molecular weight excluding hydrogens is 198 g/mol. The molecule has 7 heteroatoms. The van der Waals surface area contributed by atoms with E-state index in [0.29, 0.717) is 31.9 Å². The average Bonchev–Trinajstić information content (AvgIpc) is 2.87. The van der Waals surface area contributed by atoms with Gasteiger partial charge in [-0.05, 0) is 6.42 Å². The number of hydrogen-bond acceptors (Lipinski definition) is 5. The molecule has 2 rings (SSSR count). The maximum absolute atomic E-state index is 11.7. The fourth-order valence-electron chi connectivity index (χ4n) is 1.37. The van der Waals surface area contributed by atoms with Crippen molar-refractivity contribution in [2.45, 2.75) is 13.0 Å². The van der Waals surface area contributed by atoms with Crippen LogP contribution in [0.25, 0.3) is 0 Å². The maximum atomic E-state index is 11.7. The molecule has 1 saturated heterocycles. The Balaban J connectivity index is 2.04. The minimum Gasteiger partial charge on any atom is -0.329 e. The summed E-state index contributed by atoms with van der Waals surface area (Å²) >= 11 is 0. The van der Waals surface area contributed by atoms with Crippen molar-refractivity contribution in [1.29, 1.82) is 0 Å². The molecule has 0 bridgehead atoms. The molecule has 0 saturated carbocycles. The Morgan fingerprint density at radius 2 is 2.53 bits per heavy atom. The highest BCUT2D eigenvalue weighted by atomic mass is 16.7. The smallest absolute Gasteiger partial charge is 0.299 e. The molecule has 0 atom stereocenters. The van der Waals surface area contributed by atoms with Crippen LogP contribution >= 0.6 is 0 Å². The number of rotatable bonds is 3. The van der Waals surface area contributed by atoms with Crippen molar-refractivity contribution in [3.05, 3.63) is 11.9 Å².